The second-order valence-corrected chi connectivity index (χ2v) is 5.37. The first-order valence-electron chi connectivity index (χ1n) is 6.16. The molecule has 0 aliphatic rings. The van der Waals surface area contributed by atoms with Crippen LogP contribution in [0, 0.1) is 5.41 Å². The molecule has 0 heterocycles. The Morgan fingerprint density at radius 3 is 1.93 bits per heavy atom. The van der Waals surface area contributed by atoms with Gasteiger partial charge in [0.15, 0.2) is 0 Å². The zero-order valence-corrected chi connectivity index (χ0v) is 10.7. The van der Waals surface area contributed by atoms with Crippen molar-refractivity contribution in [3.63, 3.8) is 0 Å². The van der Waals surface area contributed by atoms with Crippen molar-refractivity contribution < 1.29 is 0 Å². The van der Waals surface area contributed by atoms with Crippen LogP contribution in [-0.2, 0) is 0 Å². The van der Waals surface area contributed by atoms with Crippen molar-refractivity contribution in [2.45, 2.75) is 72.6 Å². The lowest BCUT2D eigenvalue weighted by Gasteiger charge is -2.21. The van der Waals surface area contributed by atoms with Crippen molar-refractivity contribution in [1.29, 1.82) is 0 Å². The summed E-state index contributed by atoms with van der Waals surface area (Å²) in [6.45, 7) is 13.2. The van der Waals surface area contributed by atoms with Crippen molar-refractivity contribution in [3.8, 4) is 0 Å². The molecule has 0 saturated heterocycles. The molecule has 0 rings (SSSR count). The quantitative estimate of drug-likeness (QED) is 0.381. The fourth-order valence-corrected chi connectivity index (χ4v) is 1.49. The lowest BCUT2D eigenvalue weighted by atomic mass is 9.84. The normalized spacial score (nSPS) is 11.7. The van der Waals surface area contributed by atoms with Gasteiger partial charge >= 0.3 is 0 Å². The molecule has 0 N–H and O–H groups in total. The molecule has 0 radical (unpaired) electrons. The molecule has 0 aromatic rings. The third kappa shape index (κ3) is 7.17. The predicted octanol–water partition coefficient (Wildman–Crippen LogP) is 5.34. The van der Waals surface area contributed by atoms with Gasteiger partial charge < -0.3 is 0 Å². The molecular formula is C14H28. The molecule has 0 spiro atoms. The lowest BCUT2D eigenvalue weighted by Crippen LogP contribution is -2.07. The van der Waals surface area contributed by atoms with Crippen LogP contribution in [0.15, 0.2) is 12.2 Å². The molecule has 0 amide bonds. The molecule has 0 aromatic heterocycles. The predicted molar refractivity (Wildman–Crippen MR) is 66.6 cm³/mol. The summed E-state index contributed by atoms with van der Waals surface area (Å²) in [5.41, 5.74) is 1.72. The maximum absolute atomic E-state index is 4.16. The van der Waals surface area contributed by atoms with E-state index in [1.807, 2.05) is 0 Å². The second-order valence-electron chi connectivity index (χ2n) is 5.37. The van der Waals surface area contributed by atoms with Crippen LogP contribution in [0.2, 0.25) is 0 Å². The fraction of sp³-hybridized carbons (Fsp3) is 0.857. The minimum Gasteiger partial charge on any atom is -0.0993 e. The van der Waals surface area contributed by atoms with Gasteiger partial charge in [-0.15, -0.1) is 0 Å². The van der Waals surface area contributed by atoms with Gasteiger partial charge in [-0.25, -0.2) is 0 Å². The van der Waals surface area contributed by atoms with Crippen LogP contribution in [0.3, 0.4) is 0 Å². The summed E-state index contributed by atoms with van der Waals surface area (Å²) < 4.78 is 0. The highest BCUT2D eigenvalue weighted by Crippen LogP contribution is 2.27. The Hall–Kier alpha value is -0.260. The van der Waals surface area contributed by atoms with Crippen molar-refractivity contribution in [1.82, 2.24) is 0 Å². The van der Waals surface area contributed by atoms with Gasteiger partial charge in [-0.3, -0.25) is 0 Å². The van der Waals surface area contributed by atoms with Crippen LogP contribution in [-0.4, -0.2) is 0 Å². The van der Waals surface area contributed by atoms with Gasteiger partial charge in [0.05, 0.1) is 0 Å². The molecule has 0 aliphatic heterocycles. The largest absolute Gasteiger partial charge is 0.0993 e. The van der Waals surface area contributed by atoms with Crippen LogP contribution in [0.1, 0.15) is 72.6 Å². The first-order chi connectivity index (χ1) is 6.48. The third-order valence-corrected chi connectivity index (χ3v) is 2.89. The van der Waals surface area contributed by atoms with E-state index >= 15 is 0 Å². The highest BCUT2D eigenvalue weighted by Gasteiger charge is 2.13. The lowest BCUT2D eigenvalue weighted by molar-refractivity contribution is 0.472. The van der Waals surface area contributed by atoms with Crippen LogP contribution in [0.25, 0.3) is 0 Å². The van der Waals surface area contributed by atoms with Crippen LogP contribution in [0.5, 0.6) is 0 Å². The van der Waals surface area contributed by atoms with Crippen LogP contribution in [0.4, 0.5) is 0 Å². The minimum atomic E-state index is 0.309. The number of rotatable bonds is 7. The summed E-state index contributed by atoms with van der Waals surface area (Å²) in [5.74, 6) is 0. The first-order valence-corrected chi connectivity index (χ1v) is 6.16. The van der Waals surface area contributed by atoms with E-state index in [0.717, 1.165) is 0 Å². The maximum Gasteiger partial charge on any atom is -0.0176 e. The molecule has 0 nitrogen and oxygen atoms in total. The van der Waals surface area contributed by atoms with Gasteiger partial charge in [-0.2, -0.15) is 0 Å². The SMILES string of the molecule is C=C(CCCCCCCC)C(C)(C)C. The number of allylic oxidation sites excluding steroid dienone is 1. The zero-order chi connectivity index (χ0) is 11.0. The molecule has 0 atom stereocenters. The van der Waals surface area contributed by atoms with E-state index in [0.29, 0.717) is 5.41 Å². The monoisotopic (exact) mass is 196 g/mol. The molecular weight excluding hydrogens is 168 g/mol. The van der Waals surface area contributed by atoms with E-state index in [4.69, 9.17) is 0 Å². The Morgan fingerprint density at radius 2 is 1.43 bits per heavy atom. The molecule has 0 fully saturated rings. The van der Waals surface area contributed by atoms with Gasteiger partial charge in [-0.1, -0.05) is 72.0 Å². The van der Waals surface area contributed by atoms with Gasteiger partial charge in [0.25, 0.3) is 0 Å². The Morgan fingerprint density at radius 1 is 0.929 bits per heavy atom. The van der Waals surface area contributed by atoms with E-state index in [1.54, 1.807) is 0 Å². The molecule has 14 heavy (non-hydrogen) atoms. The Labute approximate surface area is 90.8 Å². The van der Waals surface area contributed by atoms with Crippen LogP contribution >= 0.6 is 0 Å². The number of hydrogen-bond acceptors (Lipinski definition) is 0. The topological polar surface area (TPSA) is 0 Å². The highest BCUT2D eigenvalue weighted by atomic mass is 14.2. The van der Waals surface area contributed by atoms with Crippen LogP contribution < -0.4 is 0 Å². The standard InChI is InChI=1S/C14H28/c1-6-7-8-9-10-11-12-13(2)14(3,4)5/h2,6-12H2,1,3-5H3. The van der Waals surface area contributed by atoms with E-state index in [-0.39, 0.29) is 0 Å². The fourth-order valence-electron chi connectivity index (χ4n) is 1.49. The molecule has 0 unspecified atom stereocenters. The minimum absolute atomic E-state index is 0.309. The molecule has 0 aliphatic carbocycles. The summed E-state index contributed by atoms with van der Waals surface area (Å²) in [5, 5.41) is 0. The summed E-state index contributed by atoms with van der Waals surface area (Å²) in [7, 11) is 0. The molecule has 0 aromatic carbocycles. The average molecular weight is 196 g/mol. The Kier molecular flexibility index (Phi) is 6.96. The highest BCUT2D eigenvalue weighted by molar-refractivity contribution is 5.04. The molecule has 0 saturated carbocycles. The summed E-state index contributed by atoms with van der Waals surface area (Å²) in [6, 6.07) is 0. The van der Waals surface area contributed by atoms with E-state index in [1.165, 1.54) is 50.5 Å². The van der Waals surface area contributed by atoms with Crippen molar-refractivity contribution in [2.75, 3.05) is 0 Å². The van der Waals surface area contributed by atoms with E-state index in [9.17, 15) is 0 Å². The van der Waals surface area contributed by atoms with Crippen molar-refractivity contribution >= 4 is 0 Å². The average Bonchev–Trinajstić information content (AvgIpc) is 2.09. The Balaban J connectivity index is 3.33. The van der Waals surface area contributed by atoms with Crippen molar-refractivity contribution in [2.24, 2.45) is 5.41 Å². The van der Waals surface area contributed by atoms with Gasteiger partial charge in [0, 0.05) is 0 Å². The van der Waals surface area contributed by atoms with Gasteiger partial charge in [0.1, 0.15) is 0 Å². The summed E-state index contributed by atoms with van der Waals surface area (Å²) in [6.07, 6.45) is 9.50. The number of hydrogen-bond donors (Lipinski definition) is 0. The second kappa shape index (κ2) is 7.09. The first kappa shape index (κ1) is 13.7. The maximum atomic E-state index is 4.16. The summed E-state index contributed by atoms with van der Waals surface area (Å²) >= 11 is 0. The number of unbranched alkanes of at least 4 members (excludes halogenated alkanes) is 5. The molecule has 84 valence electrons. The summed E-state index contributed by atoms with van der Waals surface area (Å²) in [4.78, 5) is 0. The molecule has 0 bridgehead atoms. The third-order valence-electron chi connectivity index (χ3n) is 2.89. The van der Waals surface area contributed by atoms with Crippen molar-refractivity contribution in [3.05, 3.63) is 12.2 Å². The molecule has 0 heteroatoms. The van der Waals surface area contributed by atoms with E-state index in [2.05, 4.69) is 34.3 Å². The van der Waals surface area contributed by atoms with Gasteiger partial charge in [-0.05, 0) is 18.3 Å². The Bertz CT molecular complexity index is 148. The van der Waals surface area contributed by atoms with Gasteiger partial charge in [0.2, 0.25) is 0 Å². The smallest absolute Gasteiger partial charge is 0.0176 e. The zero-order valence-electron chi connectivity index (χ0n) is 10.7. The van der Waals surface area contributed by atoms with E-state index < -0.39 is 0 Å².